The van der Waals surface area contributed by atoms with Crippen molar-refractivity contribution in [3.63, 3.8) is 0 Å². The first-order valence-electron chi connectivity index (χ1n) is 6.72. The average Bonchev–Trinajstić information content (AvgIpc) is 2.89. The van der Waals surface area contributed by atoms with Gasteiger partial charge in [-0.25, -0.2) is 4.39 Å². The van der Waals surface area contributed by atoms with Crippen molar-refractivity contribution in [1.29, 1.82) is 0 Å². The number of benzene rings is 1. The summed E-state index contributed by atoms with van der Waals surface area (Å²) in [5.41, 5.74) is 1.12. The fourth-order valence-corrected chi connectivity index (χ4v) is 3.17. The van der Waals surface area contributed by atoms with Gasteiger partial charge in [-0.1, -0.05) is 12.1 Å². The molecule has 0 spiro atoms. The summed E-state index contributed by atoms with van der Waals surface area (Å²) in [6.07, 6.45) is 0.0896. The predicted molar refractivity (Wildman–Crippen MR) is 82.9 cm³/mol. The Balaban J connectivity index is 2.24. The van der Waals surface area contributed by atoms with Gasteiger partial charge in [-0.05, 0) is 37.4 Å². The van der Waals surface area contributed by atoms with Crippen molar-refractivity contribution in [2.24, 2.45) is 0 Å². The number of hydrogen-bond acceptors (Lipinski definition) is 3. The second kappa shape index (κ2) is 6.37. The lowest BCUT2D eigenvalue weighted by atomic mass is 10.0. The van der Waals surface area contributed by atoms with E-state index in [0.717, 1.165) is 12.1 Å². The van der Waals surface area contributed by atoms with Crippen molar-refractivity contribution < 1.29 is 9.50 Å². The van der Waals surface area contributed by atoms with Crippen LogP contribution < -0.4 is 4.90 Å². The van der Waals surface area contributed by atoms with Crippen molar-refractivity contribution in [1.82, 2.24) is 0 Å². The molecule has 4 heteroatoms. The van der Waals surface area contributed by atoms with Crippen molar-refractivity contribution in [2.75, 3.05) is 11.9 Å². The maximum Gasteiger partial charge on any atom is 0.131 e. The van der Waals surface area contributed by atoms with Gasteiger partial charge < -0.3 is 10.0 Å². The van der Waals surface area contributed by atoms with Gasteiger partial charge in [0.05, 0.1) is 6.10 Å². The lowest BCUT2D eigenvalue weighted by Gasteiger charge is -2.29. The molecule has 2 rings (SSSR count). The van der Waals surface area contributed by atoms with E-state index >= 15 is 0 Å². The summed E-state index contributed by atoms with van der Waals surface area (Å²) in [5, 5.41) is 11.9. The molecule has 1 heterocycles. The van der Waals surface area contributed by atoms with Crippen LogP contribution in [0.15, 0.2) is 35.7 Å². The quantitative estimate of drug-likeness (QED) is 0.900. The highest BCUT2D eigenvalue weighted by Gasteiger charge is 2.19. The molecule has 1 aromatic heterocycles. The lowest BCUT2D eigenvalue weighted by Crippen LogP contribution is -2.31. The van der Waals surface area contributed by atoms with Crippen LogP contribution >= 0.6 is 11.3 Å². The number of thiophene rings is 1. The SMILES string of the molecule is CC(Cc1cccs1)N(C)c1cccc(F)c1[C@@H](C)O. The number of aliphatic hydroxyl groups is 1. The molecule has 0 bridgehead atoms. The van der Waals surface area contributed by atoms with E-state index in [0.29, 0.717) is 5.56 Å². The molecule has 1 N–H and O–H groups in total. The van der Waals surface area contributed by atoms with E-state index in [2.05, 4.69) is 18.4 Å². The molecular weight excluding hydrogens is 273 g/mol. The Morgan fingerprint density at radius 1 is 1.25 bits per heavy atom. The van der Waals surface area contributed by atoms with Crippen LogP contribution in [0.1, 0.15) is 30.4 Å². The van der Waals surface area contributed by atoms with Gasteiger partial charge in [0.1, 0.15) is 5.82 Å². The highest BCUT2D eigenvalue weighted by Crippen LogP contribution is 2.30. The van der Waals surface area contributed by atoms with Gasteiger partial charge in [0, 0.05) is 35.6 Å². The second-order valence-electron chi connectivity index (χ2n) is 5.09. The molecule has 0 saturated heterocycles. The molecule has 0 saturated carbocycles. The molecule has 0 fully saturated rings. The molecule has 2 atom stereocenters. The van der Waals surface area contributed by atoms with Gasteiger partial charge in [-0.15, -0.1) is 11.3 Å². The van der Waals surface area contributed by atoms with E-state index in [4.69, 9.17) is 0 Å². The van der Waals surface area contributed by atoms with Crippen LogP contribution in [0.25, 0.3) is 0 Å². The maximum absolute atomic E-state index is 13.9. The zero-order valence-corrected chi connectivity index (χ0v) is 12.8. The Labute approximate surface area is 123 Å². The van der Waals surface area contributed by atoms with Gasteiger partial charge in [0.25, 0.3) is 0 Å². The topological polar surface area (TPSA) is 23.5 Å². The van der Waals surface area contributed by atoms with Crippen LogP contribution in [0.4, 0.5) is 10.1 Å². The molecular formula is C16H20FNOS. The Kier molecular flexibility index (Phi) is 4.78. The van der Waals surface area contributed by atoms with E-state index in [1.54, 1.807) is 24.3 Å². The Morgan fingerprint density at radius 3 is 2.60 bits per heavy atom. The molecule has 1 aromatic carbocycles. The van der Waals surface area contributed by atoms with Crippen molar-refractivity contribution in [2.45, 2.75) is 32.4 Å². The number of hydrogen-bond donors (Lipinski definition) is 1. The first kappa shape index (κ1) is 15.0. The van der Waals surface area contributed by atoms with Crippen molar-refractivity contribution in [3.8, 4) is 0 Å². The molecule has 0 radical (unpaired) electrons. The van der Waals surface area contributed by atoms with Crippen LogP contribution in [-0.2, 0) is 6.42 Å². The second-order valence-corrected chi connectivity index (χ2v) is 6.12. The third-order valence-electron chi connectivity index (χ3n) is 3.57. The first-order valence-corrected chi connectivity index (χ1v) is 7.60. The zero-order chi connectivity index (χ0) is 14.7. The van der Waals surface area contributed by atoms with Gasteiger partial charge >= 0.3 is 0 Å². The Hall–Kier alpha value is -1.39. The monoisotopic (exact) mass is 293 g/mol. The highest BCUT2D eigenvalue weighted by atomic mass is 32.1. The molecule has 108 valence electrons. The molecule has 0 aliphatic heterocycles. The molecule has 1 unspecified atom stereocenters. The zero-order valence-electron chi connectivity index (χ0n) is 12.0. The Bertz CT molecular complexity index is 554. The molecule has 0 aliphatic carbocycles. The summed E-state index contributed by atoms with van der Waals surface area (Å²) in [6, 6.07) is 9.31. The van der Waals surface area contributed by atoms with Crippen LogP contribution in [-0.4, -0.2) is 18.2 Å². The molecule has 2 nitrogen and oxygen atoms in total. The first-order chi connectivity index (χ1) is 9.50. The number of halogens is 1. The number of nitrogens with zero attached hydrogens (tertiary/aromatic N) is 1. The molecule has 2 aromatic rings. The number of rotatable bonds is 5. The molecule has 0 aliphatic rings. The van der Waals surface area contributed by atoms with Gasteiger partial charge in [0.15, 0.2) is 0 Å². The minimum absolute atomic E-state index is 0.230. The van der Waals surface area contributed by atoms with Crippen molar-refractivity contribution >= 4 is 17.0 Å². The minimum Gasteiger partial charge on any atom is -0.389 e. The van der Waals surface area contributed by atoms with E-state index in [1.165, 1.54) is 10.9 Å². The summed E-state index contributed by atoms with van der Waals surface area (Å²) in [5.74, 6) is -0.354. The van der Waals surface area contributed by atoms with Crippen LogP contribution in [0, 0.1) is 5.82 Å². The average molecular weight is 293 g/mol. The fraction of sp³-hybridized carbons (Fsp3) is 0.375. The third-order valence-corrected chi connectivity index (χ3v) is 4.46. The summed E-state index contributed by atoms with van der Waals surface area (Å²) >= 11 is 1.73. The maximum atomic E-state index is 13.9. The summed E-state index contributed by atoms with van der Waals surface area (Å²) < 4.78 is 13.9. The van der Waals surface area contributed by atoms with E-state index in [1.807, 2.05) is 24.1 Å². The predicted octanol–water partition coefficient (Wildman–Crippen LogP) is 4.01. The molecule has 20 heavy (non-hydrogen) atoms. The van der Waals surface area contributed by atoms with Crippen LogP contribution in [0.5, 0.6) is 0 Å². The molecule has 0 amide bonds. The Morgan fingerprint density at radius 2 is 2.00 bits per heavy atom. The van der Waals surface area contributed by atoms with Crippen LogP contribution in [0.3, 0.4) is 0 Å². The largest absolute Gasteiger partial charge is 0.389 e. The van der Waals surface area contributed by atoms with E-state index in [-0.39, 0.29) is 11.9 Å². The van der Waals surface area contributed by atoms with Crippen molar-refractivity contribution in [3.05, 3.63) is 52.0 Å². The summed E-state index contributed by atoms with van der Waals surface area (Å²) in [6.45, 7) is 3.70. The number of likely N-dealkylation sites (N-methyl/N-ethyl adjacent to an activating group) is 1. The minimum atomic E-state index is -0.817. The van der Waals surface area contributed by atoms with E-state index in [9.17, 15) is 9.50 Å². The smallest absolute Gasteiger partial charge is 0.131 e. The normalized spacial score (nSPS) is 14.1. The lowest BCUT2D eigenvalue weighted by molar-refractivity contribution is 0.194. The number of aliphatic hydroxyl groups excluding tert-OH is 1. The van der Waals surface area contributed by atoms with Gasteiger partial charge in [-0.2, -0.15) is 0 Å². The van der Waals surface area contributed by atoms with Gasteiger partial charge in [0.2, 0.25) is 0 Å². The summed E-state index contributed by atoms with van der Waals surface area (Å²) in [4.78, 5) is 3.34. The standard InChI is InChI=1S/C16H20FNOS/c1-11(10-13-6-5-9-20-13)18(3)15-8-4-7-14(17)16(15)12(2)19/h4-9,11-12,19H,10H2,1-3H3/t11?,12-/m1/s1. The fourth-order valence-electron chi connectivity index (χ4n) is 2.34. The third kappa shape index (κ3) is 3.19. The van der Waals surface area contributed by atoms with Gasteiger partial charge in [-0.3, -0.25) is 0 Å². The summed E-state index contributed by atoms with van der Waals surface area (Å²) in [7, 11) is 1.94. The van der Waals surface area contributed by atoms with Crippen LogP contribution in [0.2, 0.25) is 0 Å². The number of anilines is 1. The van der Waals surface area contributed by atoms with E-state index < -0.39 is 6.10 Å². The highest BCUT2D eigenvalue weighted by molar-refractivity contribution is 7.09.